The molecule has 0 saturated heterocycles. The van der Waals surface area contributed by atoms with Gasteiger partial charge in [0.05, 0.1) is 6.61 Å². The molecule has 6 heteroatoms. The molecule has 0 spiro atoms. The fourth-order valence-corrected chi connectivity index (χ4v) is 5.37. The number of nitrogens with zero attached hydrogens (tertiary/aromatic N) is 1. The van der Waals surface area contributed by atoms with Crippen molar-refractivity contribution in [2.45, 2.75) is 44.9 Å². The summed E-state index contributed by atoms with van der Waals surface area (Å²) in [5.41, 5.74) is 3.06. The second kappa shape index (κ2) is 8.86. The topological polar surface area (TPSA) is 55.7 Å². The van der Waals surface area contributed by atoms with Crippen molar-refractivity contribution < 1.29 is 14.3 Å². The van der Waals surface area contributed by atoms with Gasteiger partial charge in [0.1, 0.15) is 5.92 Å². The van der Waals surface area contributed by atoms with Crippen molar-refractivity contribution in [3.05, 3.63) is 68.5 Å². The first-order chi connectivity index (χ1) is 14.5. The number of thiophene rings is 1. The van der Waals surface area contributed by atoms with Crippen LogP contribution in [0, 0.1) is 5.92 Å². The normalized spacial score (nSPS) is 23.8. The molecule has 1 aliphatic carbocycles. The molecule has 2 heterocycles. The second-order valence-electron chi connectivity index (χ2n) is 7.83. The molecule has 2 aliphatic rings. The molecule has 0 fully saturated rings. The lowest BCUT2D eigenvalue weighted by atomic mass is 9.70. The highest BCUT2D eigenvalue weighted by Gasteiger charge is 2.44. The summed E-state index contributed by atoms with van der Waals surface area (Å²) in [4.78, 5) is 32.3. The highest BCUT2D eigenvalue weighted by molar-refractivity contribution is 7.10. The van der Waals surface area contributed by atoms with Crippen molar-refractivity contribution in [2.24, 2.45) is 10.9 Å². The lowest BCUT2D eigenvalue weighted by Gasteiger charge is -2.36. The van der Waals surface area contributed by atoms with Gasteiger partial charge in [-0.25, -0.2) is 0 Å². The number of Topliss-reactive ketones (excluding diaryl/α,β-unsaturated/α-hetero) is 1. The van der Waals surface area contributed by atoms with Crippen LogP contribution in [-0.4, -0.2) is 24.1 Å². The molecule has 4 rings (SSSR count). The Balaban J connectivity index is 1.78. The van der Waals surface area contributed by atoms with E-state index in [0.29, 0.717) is 35.8 Å². The predicted molar refractivity (Wildman–Crippen MR) is 120 cm³/mol. The van der Waals surface area contributed by atoms with Crippen LogP contribution in [0.3, 0.4) is 0 Å². The van der Waals surface area contributed by atoms with E-state index in [9.17, 15) is 9.59 Å². The number of hydrogen-bond acceptors (Lipinski definition) is 5. The third kappa shape index (κ3) is 4.01. The third-order valence-electron chi connectivity index (χ3n) is 5.77. The van der Waals surface area contributed by atoms with Crippen molar-refractivity contribution in [1.29, 1.82) is 0 Å². The molecule has 1 aromatic heterocycles. The molecule has 30 heavy (non-hydrogen) atoms. The Hall–Kier alpha value is -2.24. The number of allylic oxidation sites excluding steroid dienone is 2. The van der Waals surface area contributed by atoms with Crippen LogP contribution < -0.4 is 0 Å². The van der Waals surface area contributed by atoms with Gasteiger partial charge in [0.15, 0.2) is 5.78 Å². The van der Waals surface area contributed by atoms with Crippen molar-refractivity contribution in [1.82, 2.24) is 0 Å². The average Bonchev–Trinajstić information content (AvgIpc) is 3.26. The maximum atomic E-state index is 13.4. The number of hydrogen-bond donors (Lipinski definition) is 0. The van der Waals surface area contributed by atoms with E-state index in [1.807, 2.05) is 37.4 Å². The zero-order chi connectivity index (χ0) is 21.3. The molecule has 4 nitrogen and oxygen atoms in total. The quantitative estimate of drug-likeness (QED) is 0.540. The Labute approximate surface area is 185 Å². The van der Waals surface area contributed by atoms with Crippen LogP contribution in [0.5, 0.6) is 0 Å². The maximum Gasteiger partial charge on any atom is 0.315 e. The predicted octanol–water partition coefficient (Wildman–Crippen LogP) is 5.93. The van der Waals surface area contributed by atoms with Crippen LogP contribution in [0.1, 0.15) is 55.4 Å². The summed E-state index contributed by atoms with van der Waals surface area (Å²) in [6, 6.07) is 11.5. The first-order valence-electron chi connectivity index (χ1n) is 10.3. The van der Waals surface area contributed by atoms with Crippen LogP contribution in [0.4, 0.5) is 0 Å². The highest BCUT2D eigenvalue weighted by atomic mass is 35.5. The van der Waals surface area contributed by atoms with Gasteiger partial charge in [-0.15, -0.1) is 11.3 Å². The van der Waals surface area contributed by atoms with Gasteiger partial charge < -0.3 is 4.74 Å². The first kappa shape index (κ1) is 21.0. The van der Waals surface area contributed by atoms with E-state index in [-0.39, 0.29) is 17.7 Å². The number of aliphatic imine (C=N–C) groups is 1. The highest BCUT2D eigenvalue weighted by Crippen LogP contribution is 2.47. The minimum atomic E-state index is -0.598. The van der Waals surface area contributed by atoms with Gasteiger partial charge in [-0.3, -0.25) is 14.6 Å². The van der Waals surface area contributed by atoms with E-state index in [1.54, 1.807) is 23.5 Å². The number of ether oxygens (including phenoxy) is 1. The number of carbonyl (C=O) groups is 2. The fourth-order valence-electron chi connectivity index (χ4n) is 4.41. The Morgan fingerprint density at radius 3 is 2.67 bits per heavy atom. The Bertz CT molecular complexity index is 1010. The van der Waals surface area contributed by atoms with Gasteiger partial charge in [-0.05, 0) is 48.9 Å². The molecule has 156 valence electrons. The van der Waals surface area contributed by atoms with Crippen molar-refractivity contribution >= 4 is 40.4 Å². The first-order valence-corrected chi connectivity index (χ1v) is 11.5. The average molecular weight is 442 g/mol. The smallest absolute Gasteiger partial charge is 0.315 e. The van der Waals surface area contributed by atoms with Crippen molar-refractivity contribution in [3.8, 4) is 0 Å². The third-order valence-corrected chi connectivity index (χ3v) is 7.05. The minimum absolute atomic E-state index is 0.0686. The molecule has 1 aromatic carbocycles. The fraction of sp³-hybridized carbons (Fsp3) is 0.375. The van der Waals surface area contributed by atoms with Gasteiger partial charge in [0, 0.05) is 45.1 Å². The lowest BCUT2D eigenvalue weighted by molar-refractivity contribution is -0.146. The van der Waals surface area contributed by atoms with Gasteiger partial charge in [-0.2, -0.15) is 0 Å². The lowest BCUT2D eigenvalue weighted by Crippen LogP contribution is -2.38. The summed E-state index contributed by atoms with van der Waals surface area (Å²) in [6.45, 7) is 4.18. The molecular weight excluding hydrogens is 418 g/mol. The van der Waals surface area contributed by atoms with Gasteiger partial charge in [0.25, 0.3) is 0 Å². The zero-order valence-corrected chi connectivity index (χ0v) is 18.6. The van der Waals surface area contributed by atoms with Gasteiger partial charge in [-0.1, -0.05) is 36.7 Å². The van der Waals surface area contributed by atoms with Crippen molar-refractivity contribution in [3.63, 3.8) is 0 Å². The van der Waals surface area contributed by atoms with Crippen LogP contribution in [-0.2, 0) is 14.3 Å². The summed E-state index contributed by atoms with van der Waals surface area (Å²) in [5, 5.41) is 2.65. The number of carbonyl (C=O) groups excluding carboxylic acids is 2. The van der Waals surface area contributed by atoms with Crippen LogP contribution in [0.15, 0.2) is 58.0 Å². The van der Waals surface area contributed by atoms with E-state index < -0.39 is 11.8 Å². The van der Waals surface area contributed by atoms with Crippen LogP contribution in [0.25, 0.3) is 0 Å². The van der Waals surface area contributed by atoms with Crippen molar-refractivity contribution in [2.75, 3.05) is 6.61 Å². The second-order valence-corrected chi connectivity index (χ2v) is 9.25. The number of ketones is 1. The number of benzene rings is 1. The Morgan fingerprint density at radius 2 is 2.00 bits per heavy atom. The summed E-state index contributed by atoms with van der Waals surface area (Å²) < 4.78 is 5.49. The molecular formula is C24H24ClNO3S. The summed E-state index contributed by atoms with van der Waals surface area (Å²) >= 11 is 7.77. The number of rotatable bonds is 5. The summed E-state index contributed by atoms with van der Waals surface area (Å²) in [6.07, 6.45) is 1.89. The van der Waals surface area contributed by atoms with E-state index >= 15 is 0 Å². The Morgan fingerprint density at radius 1 is 1.23 bits per heavy atom. The standard InChI is InChI=1S/C24H24ClNO3S/c1-3-10-29-24(28)21-14(2)26-18-12-16(20-5-4-11-30-20)13-19(27)23(18)22(21)15-6-8-17(25)9-7-15/h4-9,11,16,21-22H,3,10,12-13H2,1-2H3/t16-,21?,22-/m0/s1. The summed E-state index contributed by atoms with van der Waals surface area (Å²) in [5.74, 6) is -1.10. The van der Waals surface area contributed by atoms with E-state index in [4.69, 9.17) is 21.3 Å². The molecule has 0 bridgehead atoms. The van der Waals surface area contributed by atoms with E-state index in [2.05, 4.69) is 6.07 Å². The van der Waals surface area contributed by atoms with E-state index in [0.717, 1.165) is 17.7 Å². The largest absolute Gasteiger partial charge is 0.465 e. The molecule has 0 N–H and O–H groups in total. The zero-order valence-electron chi connectivity index (χ0n) is 17.1. The summed E-state index contributed by atoms with van der Waals surface area (Å²) in [7, 11) is 0. The number of halogens is 1. The van der Waals surface area contributed by atoms with Gasteiger partial charge >= 0.3 is 5.97 Å². The molecule has 1 unspecified atom stereocenters. The number of esters is 1. The Kier molecular flexibility index (Phi) is 6.21. The van der Waals surface area contributed by atoms with Crippen LogP contribution >= 0.6 is 22.9 Å². The van der Waals surface area contributed by atoms with E-state index in [1.165, 1.54) is 4.88 Å². The molecule has 2 aromatic rings. The molecule has 0 saturated carbocycles. The molecule has 0 amide bonds. The monoisotopic (exact) mass is 441 g/mol. The van der Waals surface area contributed by atoms with Crippen LogP contribution in [0.2, 0.25) is 5.02 Å². The molecule has 0 radical (unpaired) electrons. The SMILES string of the molecule is CCCOC(=O)C1C(C)=NC2=C(C(=O)C[C@@H](c3cccs3)C2)[C@H]1c1ccc(Cl)cc1. The maximum absolute atomic E-state index is 13.4. The molecule has 3 atom stereocenters. The van der Waals surface area contributed by atoms with Gasteiger partial charge in [0.2, 0.25) is 0 Å². The molecule has 1 aliphatic heterocycles. The minimum Gasteiger partial charge on any atom is -0.465 e.